The molecule has 81 heavy (non-hydrogen) atoms. The molecule has 0 heterocycles. The number of carbonyl (C=O) groups is 2. The van der Waals surface area contributed by atoms with Crippen LogP contribution in [0, 0.1) is 0 Å². The van der Waals surface area contributed by atoms with Crippen LogP contribution in [-0.4, -0.2) is 70.0 Å². The number of nitrogens with zero attached hydrogens (tertiary/aromatic N) is 1. The lowest BCUT2D eigenvalue weighted by Crippen LogP contribution is -2.37. The summed E-state index contributed by atoms with van der Waals surface area (Å²) in [5.74, 6) is -0.831. The van der Waals surface area contributed by atoms with E-state index in [0.717, 1.165) is 103 Å². The van der Waals surface area contributed by atoms with Crippen molar-refractivity contribution in [1.29, 1.82) is 0 Å². The van der Waals surface area contributed by atoms with Gasteiger partial charge in [0.25, 0.3) is 7.82 Å². The van der Waals surface area contributed by atoms with Crippen LogP contribution in [0.25, 0.3) is 0 Å². The van der Waals surface area contributed by atoms with Gasteiger partial charge in [-0.1, -0.05) is 290 Å². The molecule has 0 fully saturated rings. The fraction of sp³-hybridized carbons (Fsp3) is 0.718. The summed E-state index contributed by atoms with van der Waals surface area (Å²) < 4.78 is 34.2. The predicted octanol–water partition coefficient (Wildman–Crippen LogP) is 20.7. The van der Waals surface area contributed by atoms with Gasteiger partial charge in [0, 0.05) is 12.8 Å². The van der Waals surface area contributed by atoms with Crippen LogP contribution in [0.1, 0.15) is 277 Å². The summed E-state index contributed by atoms with van der Waals surface area (Å²) in [4.78, 5) is 38.0. The van der Waals surface area contributed by atoms with Crippen molar-refractivity contribution in [3.63, 3.8) is 0 Å². The molecule has 0 aromatic carbocycles. The molecular weight excluding hydrogens is 1030 g/mol. The van der Waals surface area contributed by atoms with Gasteiger partial charge in [0.15, 0.2) is 6.10 Å². The van der Waals surface area contributed by atoms with Crippen molar-refractivity contribution in [1.82, 2.24) is 0 Å². The van der Waals surface area contributed by atoms with E-state index in [4.69, 9.17) is 18.5 Å². The predicted molar refractivity (Wildman–Crippen MR) is 346 cm³/mol. The number of ether oxygens (including phenoxy) is 2. The van der Waals surface area contributed by atoms with Crippen LogP contribution in [0.3, 0.4) is 0 Å². The normalized spacial score (nSPS) is 13.9. The van der Waals surface area contributed by atoms with E-state index < -0.39 is 26.5 Å². The standard InChI is InChI=1S/C71H124NO8P/c1-6-8-10-12-14-16-18-20-22-24-26-27-28-29-30-31-32-33-34-35-36-37-38-39-40-41-42-43-44-45-46-48-50-52-54-56-58-60-62-64-71(74)80-69(68-79-81(75,76)78-66-65-72(3,4)5)67-77-70(73)63-61-59-57-55-53-51-49-47-25-23-21-19-17-15-13-11-9-7-2/h8,10,14,16,20,22,26-27,29-30,32-33,35-36,38-39,41-42,69H,6-7,9,11-13,15,17-19,21,23-25,28,31,34,37,40,43-68H2,1-5H3/b10-8-,16-14-,22-20-,27-26-,30-29-,33-32-,36-35-,39-38-,42-41-. The molecule has 9 nitrogen and oxygen atoms in total. The summed E-state index contributed by atoms with van der Waals surface area (Å²) in [7, 11) is 1.16. The van der Waals surface area contributed by atoms with Gasteiger partial charge in [0.05, 0.1) is 27.7 Å². The monoisotopic (exact) mass is 1150 g/mol. The Kier molecular flexibility index (Phi) is 58.7. The lowest BCUT2D eigenvalue weighted by Gasteiger charge is -2.28. The fourth-order valence-corrected chi connectivity index (χ4v) is 9.73. The number of hydrogen-bond acceptors (Lipinski definition) is 8. The molecule has 0 amide bonds. The number of phosphoric acid groups is 1. The zero-order valence-corrected chi connectivity index (χ0v) is 53.8. The summed E-state index contributed by atoms with van der Waals surface area (Å²) in [5.41, 5.74) is 0. The zero-order valence-electron chi connectivity index (χ0n) is 52.9. The Morgan fingerprint density at radius 3 is 1.05 bits per heavy atom. The minimum Gasteiger partial charge on any atom is -0.756 e. The van der Waals surface area contributed by atoms with Gasteiger partial charge >= 0.3 is 11.9 Å². The molecule has 0 rings (SSSR count). The second-order valence-electron chi connectivity index (χ2n) is 23.1. The van der Waals surface area contributed by atoms with Gasteiger partial charge in [-0.15, -0.1) is 0 Å². The van der Waals surface area contributed by atoms with E-state index in [1.54, 1.807) is 0 Å². The van der Waals surface area contributed by atoms with Crippen LogP contribution in [0.4, 0.5) is 0 Å². The molecule has 0 aromatic heterocycles. The number of phosphoric ester groups is 1. The van der Waals surface area contributed by atoms with Crippen molar-refractivity contribution in [2.75, 3.05) is 47.5 Å². The number of hydrogen-bond donors (Lipinski definition) is 0. The maximum absolute atomic E-state index is 12.8. The van der Waals surface area contributed by atoms with Gasteiger partial charge in [-0.05, 0) is 83.5 Å². The molecule has 466 valence electrons. The summed E-state index contributed by atoms with van der Waals surface area (Å²) in [6, 6.07) is 0. The minimum absolute atomic E-state index is 0.0338. The van der Waals surface area contributed by atoms with E-state index in [2.05, 4.69) is 123 Å². The third-order valence-corrected chi connectivity index (χ3v) is 15.0. The van der Waals surface area contributed by atoms with Crippen molar-refractivity contribution in [3.8, 4) is 0 Å². The first kappa shape index (κ1) is 77.7. The maximum atomic E-state index is 12.8. The molecule has 10 heteroatoms. The van der Waals surface area contributed by atoms with Gasteiger partial charge in [-0.25, -0.2) is 0 Å². The lowest BCUT2D eigenvalue weighted by atomic mass is 10.0. The Morgan fingerprint density at radius 1 is 0.395 bits per heavy atom. The van der Waals surface area contributed by atoms with Gasteiger partial charge in [0.2, 0.25) is 0 Å². The van der Waals surface area contributed by atoms with E-state index in [9.17, 15) is 19.0 Å². The van der Waals surface area contributed by atoms with Gasteiger partial charge in [0.1, 0.15) is 19.8 Å². The molecular formula is C71H124NO8P. The lowest BCUT2D eigenvalue weighted by molar-refractivity contribution is -0.870. The van der Waals surface area contributed by atoms with Crippen molar-refractivity contribution in [2.45, 2.75) is 283 Å². The first-order valence-electron chi connectivity index (χ1n) is 33.1. The number of unbranched alkanes of at least 4 members (excludes halogenated alkanes) is 28. The highest BCUT2D eigenvalue weighted by molar-refractivity contribution is 7.45. The summed E-state index contributed by atoms with van der Waals surface area (Å²) in [6.45, 7) is 4.14. The van der Waals surface area contributed by atoms with Gasteiger partial charge in [-0.2, -0.15) is 0 Å². The molecule has 0 aliphatic carbocycles. The maximum Gasteiger partial charge on any atom is 0.306 e. The fourth-order valence-electron chi connectivity index (χ4n) is 9.00. The molecule has 0 radical (unpaired) electrons. The van der Waals surface area contributed by atoms with Crippen molar-refractivity contribution in [3.05, 3.63) is 109 Å². The molecule has 2 atom stereocenters. The molecule has 0 aliphatic heterocycles. The molecule has 0 saturated heterocycles. The third-order valence-electron chi connectivity index (χ3n) is 14.1. The number of allylic oxidation sites excluding steroid dienone is 18. The van der Waals surface area contributed by atoms with Crippen molar-refractivity contribution < 1.29 is 42.1 Å². The summed E-state index contributed by atoms with van der Waals surface area (Å²) in [6.07, 6.45) is 85.8. The van der Waals surface area contributed by atoms with Crippen LogP contribution in [-0.2, 0) is 32.7 Å². The molecule has 0 N–H and O–H groups in total. The number of esters is 2. The largest absolute Gasteiger partial charge is 0.756 e. The number of carbonyl (C=O) groups excluding carboxylic acids is 2. The van der Waals surface area contributed by atoms with E-state index in [1.807, 2.05) is 21.1 Å². The second kappa shape index (κ2) is 61.2. The van der Waals surface area contributed by atoms with E-state index >= 15 is 0 Å². The Morgan fingerprint density at radius 2 is 0.704 bits per heavy atom. The van der Waals surface area contributed by atoms with Crippen LogP contribution in [0.5, 0.6) is 0 Å². The number of rotatable bonds is 60. The highest BCUT2D eigenvalue weighted by Gasteiger charge is 2.22. The molecule has 0 saturated carbocycles. The van der Waals surface area contributed by atoms with E-state index in [1.165, 1.54) is 141 Å². The van der Waals surface area contributed by atoms with E-state index in [-0.39, 0.29) is 32.0 Å². The topological polar surface area (TPSA) is 111 Å². The molecule has 0 aromatic rings. The van der Waals surface area contributed by atoms with Crippen LogP contribution in [0.2, 0.25) is 0 Å². The minimum atomic E-state index is -4.64. The Bertz CT molecular complexity index is 1730. The highest BCUT2D eigenvalue weighted by atomic mass is 31.2. The smallest absolute Gasteiger partial charge is 0.306 e. The zero-order chi connectivity index (χ0) is 59.1. The highest BCUT2D eigenvalue weighted by Crippen LogP contribution is 2.38. The Hall–Kier alpha value is -3.33. The Balaban J connectivity index is 4.07. The molecule has 2 unspecified atom stereocenters. The summed E-state index contributed by atoms with van der Waals surface area (Å²) >= 11 is 0. The second-order valence-corrected chi connectivity index (χ2v) is 24.5. The van der Waals surface area contributed by atoms with Gasteiger partial charge < -0.3 is 27.9 Å². The first-order chi connectivity index (χ1) is 39.5. The Labute approximate surface area is 499 Å². The quantitative estimate of drug-likeness (QED) is 0.0195. The SMILES string of the molecule is CC/C=C\C/C=C\C/C=C\C/C=C\C/C=C\C/C=C\C/C=C\C/C=C\C/C=C\CCCCCCCCCCCCCC(=O)OC(COC(=O)CCCCCCCCCCCCCCCCCCCC)COP(=O)([O-])OCC[N+](C)(C)C. The van der Waals surface area contributed by atoms with Crippen LogP contribution >= 0.6 is 7.82 Å². The average Bonchev–Trinajstić information content (AvgIpc) is 3.43. The molecule has 0 bridgehead atoms. The van der Waals surface area contributed by atoms with Gasteiger partial charge in [-0.3, -0.25) is 14.2 Å². The average molecular weight is 1150 g/mol. The third kappa shape index (κ3) is 65.7. The first-order valence-corrected chi connectivity index (χ1v) is 34.6. The number of quaternary nitrogens is 1. The van der Waals surface area contributed by atoms with Crippen molar-refractivity contribution in [2.24, 2.45) is 0 Å². The summed E-state index contributed by atoms with van der Waals surface area (Å²) in [5, 5.41) is 0. The molecule has 0 aliphatic rings. The molecule has 0 spiro atoms. The van der Waals surface area contributed by atoms with Crippen LogP contribution < -0.4 is 4.89 Å². The van der Waals surface area contributed by atoms with E-state index in [0.29, 0.717) is 17.4 Å². The van der Waals surface area contributed by atoms with Crippen LogP contribution in [0.15, 0.2) is 109 Å². The van der Waals surface area contributed by atoms with Crippen molar-refractivity contribution >= 4 is 19.8 Å². The number of likely N-dealkylation sites (N-methyl/N-ethyl adjacent to an activating group) is 1.